The van der Waals surface area contributed by atoms with E-state index < -0.39 is 11.9 Å². The maximum atomic E-state index is 11.4. The van der Waals surface area contributed by atoms with Crippen molar-refractivity contribution >= 4 is 11.9 Å². The third-order valence-corrected chi connectivity index (χ3v) is 2.75. The third-order valence-electron chi connectivity index (χ3n) is 2.75. The van der Waals surface area contributed by atoms with Crippen molar-refractivity contribution in [2.45, 2.75) is 39.5 Å². The number of aliphatic carboxylic acids is 1. The summed E-state index contributed by atoms with van der Waals surface area (Å²) in [5.74, 6) is -1.43. The van der Waals surface area contributed by atoms with Crippen LogP contribution in [-0.4, -0.2) is 30.1 Å². The standard InChI is InChI=1S/C12H24N2O3/c1-9(2)10(12(16)17)8-14-11(15)6-4-3-5-7-13/h9-10H,3-8,13H2,1-2H3,(H,14,15)(H,16,17). The van der Waals surface area contributed by atoms with Crippen LogP contribution < -0.4 is 11.1 Å². The van der Waals surface area contributed by atoms with Crippen LogP contribution in [0.5, 0.6) is 0 Å². The van der Waals surface area contributed by atoms with Gasteiger partial charge < -0.3 is 16.2 Å². The number of nitrogens with two attached hydrogens (primary N) is 1. The average molecular weight is 244 g/mol. The topological polar surface area (TPSA) is 92.4 Å². The molecule has 0 aliphatic heterocycles. The van der Waals surface area contributed by atoms with Crippen molar-refractivity contribution in [2.75, 3.05) is 13.1 Å². The number of amides is 1. The van der Waals surface area contributed by atoms with Crippen molar-refractivity contribution in [1.82, 2.24) is 5.32 Å². The van der Waals surface area contributed by atoms with Gasteiger partial charge in [-0.25, -0.2) is 0 Å². The van der Waals surface area contributed by atoms with E-state index in [0.29, 0.717) is 13.0 Å². The lowest BCUT2D eigenvalue weighted by Crippen LogP contribution is -2.35. The summed E-state index contributed by atoms with van der Waals surface area (Å²) >= 11 is 0. The lowest BCUT2D eigenvalue weighted by molar-refractivity contribution is -0.143. The molecule has 0 aromatic carbocycles. The van der Waals surface area contributed by atoms with Gasteiger partial charge in [0.1, 0.15) is 0 Å². The number of nitrogens with one attached hydrogen (secondary N) is 1. The minimum Gasteiger partial charge on any atom is -0.481 e. The summed E-state index contributed by atoms with van der Waals surface area (Å²) in [6.45, 7) is 4.54. The molecule has 0 fully saturated rings. The molecule has 0 aromatic rings. The summed E-state index contributed by atoms with van der Waals surface area (Å²) in [6.07, 6.45) is 3.13. The first kappa shape index (κ1) is 15.9. The molecule has 0 saturated carbocycles. The number of carbonyl (C=O) groups excluding carboxylic acids is 1. The van der Waals surface area contributed by atoms with Crippen molar-refractivity contribution in [2.24, 2.45) is 17.6 Å². The second-order valence-corrected chi connectivity index (χ2v) is 4.59. The Balaban J connectivity index is 3.77. The van der Waals surface area contributed by atoms with Crippen LogP contribution in [0.2, 0.25) is 0 Å². The maximum absolute atomic E-state index is 11.4. The Morgan fingerprint density at radius 1 is 1.24 bits per heavy atom. The van der Waals surface area contributed by atoms with E-state index in [1.165, 1.54) is 0 Å². The molecule has 17 heavy (non-hydrogen) atoms. The number of hydrogen-bond donors (Lipinski definition) is 3. The predicted molar refractivity (Wildman–Crippen MR) is 66.5 cm³/mol. The first-order valence-corrected chi connectivity index (χ1v) is 6.18. The molecule has 0 bridgehead atoms. The summed E-state index contributed by atoms with van der Waals surface area (Å²) in [7, 11) is 0. The van der Waals surface area contributed by atoms with Gasteiger partial charge in [-0.3, -0.25) is 9.59 Å². The summed E-state index contributed by atoms with van der Waals surface area (Å²) in [5, 5.41) is 11.6. The van der Waals surface area contributed by atoms with E-state index >= 15 is 0 Å². The Kier molecular flexibility index (Phi) is 8.40. The molecule has 4 N–H and O–H groups in total. The van der Waals surface area contributed by atoms with Crippen molar-refractivity contribution in [1.29, 1.82) is 0 Å². The highest BCUT2D eigenvalue weighted by Crippen LogP contribution is 2.09. The van der Waals surface area contributed by atoms with Gasteiger partial charge in [0, 0.05) is 13.0 Å². The van der Waals surface area contributed by atoms with E-state index in [0.717, 1.165) is 19.3 Å². The van der Waals surface area contributed by atoms with Gasteiger partial charge in [-0.1, -0.05) is 20.3 Å². The number of rotatable bonds is 9. The van der Waals surface area contributed by atoms with Gasteiger partial charge in [-0.2, -0.15) is 0 Å². The molecule has 0 aliphatic rings. The molecule has 5 heteroatoms. The maximum Gasteiger partial charge on any atom is 0.308 e. The highest BCUT2D eigenvalue weighted by Gasteiger charge is 2.21. The average Bonchev–Trinajstić information content (AvgIpc) is 2.23. The molecule has 0 aromatic heterocycles. The van der Waals surface area contributed by atoms with Gasteiger partial charge in [-0.05, 0) is 25.3 Å². The van der Waals surface area contributed by atoms with Crippen molar-refractivity contribution in [3.05, 3.63) is 0 Å². The fourth-order valence-corrected chi connectivity index (χ4v) is 1.53. The van der Waals surface area contributed by atoms with Gasteiger partial charge >= 0.3 is 5.97 Å². The van der Waals surface area contributed by atoms with Gasteiger partial charge in [0.05, 0.1) is 5.92 Å². The Labute approximate surface area is 103 Å². The number of carbonyl (C=O) groups is 2. The van der Waals surface area contributed by atoms with E-state index in [1.807, 2.05) is 13.8 Å². The van der Waals surface area contributed by atoms with E-state index in [1.54, 1.807) is 0 Å². The lowest BCUT2D eigenvalue weighted by Gasteiger charge is -2.16. The number of carboxylic acids is 1. The first-order chi connectivity index (χ1) is 7.99. The zero-order valence-electron chi connectivity index (χ0n) is 10.7. The third kappa shape index (κ3) is 7.74. The SMILES string of the molecule is CC(C)C(CNC(=O)CCCCCN)C(=O)O. The summed E-state index contributed by atoms with van der Waals surface area (Å²) < 4.78 is 0. The molecule has 0 rings (SSSR count). The molecule has 1 atom stereocenters. The number of unbranched alkanes of at least 4 members (excludes halogenated alkanes) is 2. The van der Waals surface area contributed by atoms with Crippen LogP contribution in [0.3, 0.4) is 0 Å². The number of hydrogen-bond acceptors (Lipinski definition) is 3. The van der Waals surface area contributed by atoms with Gasteiger partial charge in [0.15, 0.2) is 0 Å². The van der Waals surface area contributed by atoms with E-state index in [2.05, 4.69) is 5.32 Å². The van der Waals surface area contributed by atoms with Crippen LogP contribution in [0.15, 0.2) is 0 Å². The monoisotopic (exact) mass is 244 g/mol. The minimum atomic E-state index is -0.858. The zero-order valence-corrected chi connectivity index (χ0v) is 10.7. The summed E-state index contributed by atoms with van der Waals surface area (Å²) in [5.41, 5.74) is 5.34. The molecule has 5 nitrogen and oxygen atoms in total. The summed E-state index contributed by atoms with van der Waals surface area (Å²) in [4.78, 5) is 22.3. The normalized spacial score (nSPS) is 12.5. The molecule has 0 heterocycles. The van der Waals surface area contributed by atoms with Crippen molar-refractivity contribution in [3.63, 3.8) is 0 Å². The first-order valence-electron chi connectivity index (χ1n) is 6.18. The largest absolute Gasteiger partial charge is 0.481 e. The Hall–Kier alpha value is -1.10. The van der Waals surface area contributed by atoms with Crippen LogP contribution in [0.4, 0.5) is 0 Å². The van der Waals surface area contributed by atoms with Gasteiger partial charge in [0.25, 0.3) is 0 Å². The van der Waals surface area contributed by atoms with Gasteiger partial charge in [0.2, 0.25) is 5.91 Å². The molecule has 0 saturated heterocycles. The van der Waals surface area contributed by atoms with E-state index in [4.69, 9.17) is 10.8 Å². The smallest absolute Gasteiger partial charge is 0.308 e. The Morgan fingerprint density at radius 2 is 1.88 bits per heavy atom. The molecule has 1 unspecified atom stereocenters. The molecule has 0 aliphatic carbocycles. The summed E-state index contributed by atoms with van der Waals surface area (Å²) in [6, 6.07) is 0. The predicted octanol–water partition coefficient (Wildman–Crippen LogP) is 0.979. The lowest BCUT2D eigenvalue weighted by atomic mass is 9.96. The zero-order chi connectivity index (χ0) is 13.3. The minimum absolute atomic E-state index is 0.0186. The van der Waals surface area contributed by atoms with Crippen LogP contribution in [0.25, 0.3) is 0 Å². The second kappa shape index (κ2) is 8.98. The van der Waals surface area contributed by atoms with E-state index in [-0.39, 0.29) is 18.4 Å². The molecule has 100 valence electrons. The fourth-order valence-electron chi connectivity index (χ4n) is 1.53. The second-order valence-electron chi connectivity index (χ2n) is 4.59. The molecule has 1 amide bonds. The Morgan fingerprint density at radius 3 is 2.35 bits per heavy atom. The quantitative estimate of drug-likeness (QED) is 0.527. The van der Waals surface area contributed by atoms with E-state index in [9.17, 15) is 9.59 Å². The van der Waals surface area contributed by atoms with Crippen LogP contribution in [-0.2, 0) is 9.59 Å². The Bertz CT molecular complexity index is 242. The molecule has 0 radical (unpaired) electrons. The molecule has 0 spiro atoms. The molecular weight excluding hydrogens is 220 g/mol. The van der Waals surface area contributed by atoms with Crippen LogP contribution in [0, 0.1) is 11.8 Å². The number of carboxylic acid groups (broad SMARTS) is 1. The van der Waals surface area contributed by atoms with Crippen LogP contribution >= 0.6 is 0 Å². The van der Waals surface area contributed by atoms with Crippen molar-refractivity contribution in [3.8, 4) is 0 Å². The van der Waals surface area contributed by atoms with Gasteiger partial charge in [-0.15, -0.1) is 0 Å². The van der Waals surface area contributed by atoms with Crippen LogP contribution in [0.1, 0.15) is 39.5 Å². The fraction of sp³-hybridized carbons (Fsp3) is 0.833. The molecular formula is C12H24N2O3. The van der Waals surface area contributed by atoms with Crippen molar-refractivity contribution < 1.29 is 14.7 Å². The highest BCUT2D eigenvalue weighted by molar-refractivity contribution is 5.77. The highest BCUT2D eigenvalue weighted by atomic mass is 16.4.